The van der Waals surface area contributed by atoms with Crippen molar-refractivity contribution < 1.29 is 13.9 Å². The molecule has 1 aliphatic heterocycles. The van der Waals surface area contributed by atoms with Gasteiger partial charge in [0.1, 0.15) is 5.76 Å². The molecule has 0 aromatic carbocycles. The Balaban J connectivity index is 1.51. The van der Waals surface area contributed by atoms with Gasteiger partial charge in [-0.1, -0.05) is 19.8 Å². The number of hydrogen-bond donors (Lipinski definition) is 2. The van der Waals surface area contributed by atoms with Crippen molar-refractivity contribution in [1.82, 2.24) is 10.6 Å². The molecule has 2 fully saturated rings. The lowest BCUT2D eigenvalue weighted by molar-refractivity contribution is 0.0347. The Morgan fingerprint density at radius 2 is 2.22 bits per heavy atom. The monoisotopic (exact) mass is 377 g/mol. The number of nitrogens with one attached hydrogen (secondary N) is 2. The average molecular weight is 378 g/mol. The quantitative estimate of drug-likeness (QED) is 0.538. The van der Waals surface area contributed by atoms with E-state index in [0.29, 0.717) is 31.7 Å². The van der Waals surface area contributed by atoms with Gasteiger partial charge >= 0.3 is 0 Å². The van der Waals surface area contributed by atoms with Gasteiger partial charge in [-0.3, -0.25) is 4.99 Å². The van der Waals surface area contributed by atoms with Crippen LogP contribution < -0.4 is 10.6 Å². The zero-order valence-corrected chi connectivity index (χ0v) is 16.8. The van der Waals surface area contributed by atoms with Crippen molar-refractivity contribution in [3.63, 3.8) is 0 Å². The zero-order valence-electron chi connectivity index (χ0n) is 16.8. The van der Waals surface area contributed by atoms with Crippen molar-refractivity contribution >= 4 is 5.96 Å². The van der Waals surface area contributed by atoms with Crippen molar-refractivity contribution in [2.75, 3.05) is 26.4 Å². The van der Waals surface area contributed by atoms with E-state index in [2.05, 4.69) is 24.5 Å². The molecule has 4 unspecified atom stereocenters. The van der Waals surface area contributed by atoms with Crippen LogP contribution in [0, 0.1) is 5.92 Å². The van der Waals surface area contributed by atoms with Gasteiger partial charge in [-0.15, -0.1) is 0 Å². The third kappa shape index (κ3) is 6.85. The Morgan fingerprint density at radius 1 is 1.33 bits per heavy atom. The Bertz CT molecular complexity index is 555. The van der Waals surface area contributed by atoms with Crippen LogP contribution in [0.4, 0.5) is 0 Å². The fourth-order valence-corrected chi connectivity index (χ4v) is 3.77. The minimum Gasteiger partial charge on any atom is -0.469 e. The minimum atomic E-state index is 0.194. The summed E-state index contributed by atoms with van der Waals surface area (Å²) in [6.07, 6.45) is 8.89. The molecule has 6 nitrogen and oxygen atoms in total. The lowest BCUT2D eigenvalue weighted by atomic mass is 9.86. The van der Waals surface area contributed by atoms with Gasteiger partial charge in [-0.2, -0.15) is 0 Å². The first kappa shape index (κ1) is 20.2. The molecule has 27 heavy (non-hydrogen) atoms. The van der Waals surface area contributed by atoms with E-state index in [1.165, 1.54) is 25.7 Å². The van der Waals surface area contributed by atoms with Crippen molar-refractivity contribution in [2.24, 2.45) is 10.9 Å². The molecule has 1 aliphatic carbocycles. The maximum Gasteiger partial charge on any atom is 0.191 e. The summed E-state index contributed by atoms with van der Waals surface area (Å²) in [5.74, 6) is 2.54. The third-order valence-corrected chi connectivity index (χ3v) is 5.49. The SMILES string of the molecule is CC(COC1CCOC1)NC(=NCCc1ccco1)NC1CCCCC1C. The summed E-state index contributed by atoms with van der Waals surface area (Å²) in [6, 6.07) is 4.61. The molecule has 3 rings (SSSR count). The van der Waals surface area contributed by atoms with Crippen LogP contribution in [0.15, 0.2) is 27.8 Å². The summed E-state index contributed by atoms with van der Waals surface area (Å²) in [7, 11) is 0. The van der Waals surface area contributed by atoms with Crippen molar-refractivity contribution in [2.45, 2.75) is 70.6 Å². The smallest absolute Gasteiger partial charge is 0.191 e. The van der Waals surface area contributed by atoms with Gasteiger partial charge in [0.25, 0.3) is 0 Å². The normalized spacial score (nSPS) is 27.5. The van der Waals surface area contributed by atoms with Crippen molar-refractivity contribution in [3.8, 4) is 0 Å². The number of furan rings is 1. The van der Waals surface area contributed by atoms with Gasteiger partial charge in [-0.25, -0.2) is 0 Å². The highest BCUT2D eigenvalue weighted by Gasteiger charge is 2.23. The fourth-order valence-electron chi connectivity index (χ4n) is 3.77. The van der Waals surface area contributed by atoms with Crippen molar-refractivity contribution in [3.05, 3.63) is 24.2 Å². The number of nitrogens with zero attached hydrogens (tertiary/aromatic N) is 1. The second kappa shape index (κ2) is 10.7. The molecule has 0 spiro atoms. The van der Waals surface area contributed by atoms with Gasteiger partial charge < -0.3 is 24.5 Å². The maximum absolute atomic E-state index is 5.95. The average Bonchev–Trinajstić information content (AvgIpc) is 3.35. The molecule has 6 heteroatoms. The molecule has 1 aromatic rings. The molecular weight excluding hydrogens is 342 g/mol. The number of rotatable bonds is 8. The van der Waals surface area contributed by atoms with Crippen LogP contribution in [0.3, 0.4) is 0 Å². The molecule has 152 valence electrons. The van der Waals surface area contributed by atoms with Gasteiger partial charge in [0.2, 0.25) is 0 Å². The minimum absolute atomic E-state index is 0.194. The second-order valence-electron chi connectivity index (χ2n) is 7.94. The Kier molecular flexibility index (Phi) is 8.02. The molecule has 2 N–H and O–H groups in total. The first-order valence-electron chi connectivity index (χ1n) is 10.5. The summed E-state index contributed by atoms with van der Waals surface area (Å²) in [5.41, 5.74) is 0. The van der Waals surface area contributed by atoms with Gasteiger partial charge in [-0.05, 0) is 44.2 Å². The van der Waals surface area contributed by atoms with E-state index in [4.69, 9.17) is 18.9 Å². The number of hydrogen-bond acceptors (Lipinski definition) is 4. The van der Waals surface area contributed by atoms with E-state index in [9.17, 15) is 0 Å². The van der Waals surface area contributed by atoms with E-state index < -0.39 is 0 Å². The van der Waals surface area contributed by atoms with Crippen LogP contribution in [0.5, 0.6) is 0 Å². The van der Waals surface area contributed by atoms with Gasteiger partial charge in [0.15, 0.2) is 5.96 Å². The number of ether oxygens (including phenoxy) is 2. The molecule has 1 saturated heterocycles. The lowest BCUT2D eigenvalue weighted by Gasteiger charge is -2.31. The van der Waals surface area contributed by atoms with Gasteiger partial charge in [0, 0.05) is 31.7 Å². The molecule has 2 heterocycles. The zero-order chi connectivity index (χ0) is 18.9. The van der Waals surface area contributed by atoms with Crippen LogP contribution >= 0.6 is 0 Å². The van der Waals surface area contributed by atoms with E-state index in [-0.39, 0.29) is 12.1 Å². The summed E-state index contributed by atoms with van der Waals surface area (Å²) >= 11 is 0. The summed E-state index contributed by atoms with van der Waals surface area (Å²) in [5, 5.41) is 7.20. The second-order valence-corrected chi connectivity index (χ2v) is 7.94. The van der Waals surface area contributed by atoms with E-state index in [1.54, 1.807) is 6.26 Å². The Morgan fingerprint density at radius 3 is 2.96 bits per heavy atom. The first-order chi connectivity index (χ1) is 13.2. The van der Waals surface area contributed by atoms with Crippen LogP contribution in [-0.2, 0) is 15.9 Å². The van der Waals surface area contributed by atoms with E-state index in [1.807, 2.05) is 12.1 Å². The summed E-state index contributed by atoms with van der Waals surface area (Å²) < 4.78 is 16.8. The van der Waals surface area contributed by atoms with Gasteiger partial charge in [0.05, 0.1) is 25.6 Å². The lowest BCUT2D eigenvalue weighted by Crippen LogP contribution is -2.50. The molecule has 4 atom stereocenters. The highest BCUT2D eigenvalue weighted by atomic mass is 16.5. The third-order valence-electron chi connectivity index (χ3n) is 5.49. The maximum atomic E-state index is 5.95. The molecule has 1 aromatic heterocycles. The Hall–Kier alpha value is -1.53. The van der Waals surface area contributed by atoms with Crippen LogP contribution in [0.25, 0.3) is 0 Å². The van der Waals surface area contributed by atoms with E-state index in [0.717, 1.165) is 31.2 Å². The topological polar surface area (TPSA) is 68.0 Å². The molecule has 0 radical (unpaired) electrons. The van der Waals surface area contributed by atoms with E-state index >= 15 is 0 Å². The first-order valence-corrected chi connectivity index (χ1v) is 10.5. The largest absolute Gasteiger partial charge is 0.469 e. The number of aliphatic imine (C=N–C) groups is 1. The number of guanidine groups is 1. The highest BCUT2D eigenvalue weighted by molar-refractivity contribution is 5.80. The molecule has 0 bridgehead atoms. The van der Waals surface area contributed by atoms with Crippen LogP contribution in [-0.4, -0.2) is 50.5 Å². The van der Waals surface area contributed by atoms with Crippen LogP contribution in [0.2, 0.25) is 0 Å². The predicted octanol–water partition coefficient (Wildman–Crippen LogP) is 3.13. The predicted molar refractivity (Wildman–Crippen MR) is 107 cm³/mol. The molecule has 2 aliphatic rings. The van der Waals surface area contributed by atoms with Crippen molar-refractivity contribution in [1.29, 1.82) is 0 Å². The standard InChI is InChI=1S/C21H35N3O3/c1-16-6-3-4-8-20(16)24-21(22-11-9-18-7-5-12-26-18)23-17(2)14-27-19-10-13-25-15-19/h5,7,12,16-17,19-20H,3-4,6,8-11,13-15H2,1-2H3,(H2,22,23,24). The molecular formula is C21H35N3O3. The fraction of sp³-hybridized carbons (Fsp3) is 0.762. The molecule has 0 amide bonds. The summed E-state index contributed by atoms with van der Waals surface area (Å²) in [6.45, 7) is 7.37. The molecule has 1 saturated carbocycles. The van der Waals surface area contributed by atoms with Crippen LogP contribution in [0.1, 0.15) is 51.7 Å². The highest BCUT2D eigenvalue weighted by Crippen LogP contribution is 2.23. The summed E-state index contributed by atoms with van der Waals surface area (Å²) in [4.78, 5) is 4.80. The Labute approximate surface area is 163 Å².